The van der Waals surface area contributed by atoms with E-state index in [1.54, 1.807) is 0 Å². The van der Waals surface area contributed by atoms with Crippen LogP contribution in [0, 0.1) is 0 Å². The Bertz CT molecular complexity index is 579. The van der Waals surface area contributed by atoms with Crippen molar-refractivity contribution in [1.82, 2.24) is 0 Å². The first-order chi connectivity index (χ1) is 10.6. The molecule has 2 rings (SSSR count). The quantitative estimate of drug-likeness (QED) is 0.804. The van der Waals surface area contributed by atoms with E-state index in [0.717, 1.165) is 11.0 Å². The van der Waals surface area contributed by atoms with Gasteiger partial charge in [0.15, 0.2) is 0 Å². The van der Waals surface area contributed by atoms with E-state index in [2.05, 4.69) is 0 Å². The minimum absolute atomic E-state index is 0.00665. The first-order valence-corrected chi connectivity index (χ1v) is 7.85. The Morgan fingerprint density at radius 2 is 1.52 bits per heavy atom. The summed E-state index contributed by atoms with van der Waals surface area (Å²) in [4.78, 5) is 22.5. The fourth-order valence-corrected chi connectivity index (χ4v) is 2.35. The van der Waals surface area contributed by atoms with Crippen molar-refractivity contribution in [1.29, 1.82) is 0 Å². The second-order valence-corrected chi connectivity index (χ2v) is 7.01. The molecule has 0 radical (unpaired) electrons. The van der Waals surface area contributed by atoms with Gasteiger partial charge in [0.2, 0.25) is 5.91 Å². The van der Waals surface area contributed by atoms with Crippen molar-refractivity contribution in [3.63, 3.8) is 0 Å². The zero-order chi connectivity index (χ0) is 17.3. The van der Waals surface area contributed by atoms with Gasteiger partial charge in [0, 0.05) is 19.3 Å². The molecule has 0 aromatic heterocycles. The third kappa shape index (κ3) is 4.21. The van der Waals surface area contributed by atoms with Crippen molar-refractivity contribution < 1.29 is 18.9 Å². The van der Waals surface area contributed by atoms with E-state index in [1.807, 2.05) is 52.0 Å². The Morgan fingerprint density at radius 3 is 2.00 bits per heavy atom. The third-order valence-corrected chi connectivity index (χ3v) is 4.56. The van der Waals surface area contributed by atoms with Crippen LogP contribution in [-0.2, 0) is 25.3 Å². The predicted octanol–water partition coefficient (Wildman–Crippen LogP) is 1.36. The minimum Gasteiger partial charge on any atom is -0.399 e. The molecule has 6 heteroatoms. The number of nitrogens with two attached hydrogens (primary N) is 1. The molecule has 0 aliphatic carbocycles. The third-order valence-electron chi connectivity index (χ3n) is 4.56. The molecule has 2 N–H and O–H groups in total. The van der Waals surface area contributed by atoms with Gasteiger partial charge in [0.05, 0.1) is 11.2 Å². The number of primary amides is 1. The fourth-order valence-electron chi connectivity index (χ4n) is 2.35. The smallest absolute Gasteiger partial charge is 0.399 e. The summed E-state index contributed by atoms with van der Waals surface area (Å²) in [6.07, 6.45) is 0.593. The minimum atomic E-state index is -0.450. The molecule has 1 fully saturated rings. The Kier molecular flexibility index (Phi) is 4.97. The fraction of sp³-hybridized carbons (Fsp3) is 0.529. The van der Waals surface area contributed by atoms with Crippen molar-refractivity contribution in [3.05, 3.63) is 29.8 Å². The number of benzene rings is 1. The normalized spacial score (nSPS) is 18.9. The Labute approximate surface area is 137 Å². The average Bonchev–Trinajstić information content (AvgIpc) is 2.66. The molecule has 0 atom stereocenters. The van der Waals surface area contributed by atoms with Gasteiger partial charge in [-0.2, -0.15) is 0 Å². The van der Waals surface area contributed by atoms with Gasteiger partial charge >= 0.3 is 7.12 Å². The molecule has 1 aromatic carbocycles. The molecule has 1 aliphatic rings. The average molecular weight is 317 g/mol. The zero-order valence-corrected chi connectivity index (χ0v) is 14.2. The highest BCUT2D eigenvalue weighted by atomic mass is 16.7. The number of rotatable bonds is 6. The summed E-state index contributed by atoms with van der Waals surface area (Å²) < 4.78 is 12.0. The molecular weight excluding hydrogens is 293 g/mol. The maximum atomic E-state index is 11.8. The van der Waals surface area contributed by atoms with E-state index in [1.165, 1.54) is 0 Å². The molecule has 1 heterocycles. The van der Waals surface area contributed by atoms with Crippen LogP contribution in [0.3, 0.4) is 0 Å². The van der Waals surface area contributed by atoms with Gasteiger partial charge in [0.25, 0.3) is 0 Å². The largest absolute Gasteiger partial charge is 0.494 e. The zero-order valence-electron chi connectivity index (χ0n) is 14.2. The molecular formula is C17H24BNO4. The second kappa shape index (κ2) is 6.45. The summed E-state index contributed by atoms with van der Waals surface area (Å²) in [6.45, 7) is 8.05. The molecule has 1 aromatic rings. The summed E-state index contributed by atoms with van der Waals surface area (Å²) in [6, 6.07) is 7.61. The lowest BCUT2D eigenvalue weighted by Crippen LogP contribution is -2.41. The van der Waals surface area contributed by atoms with Gasteiger partial charge < -0.3 is 15.0 Å². The highest BCUT2D eigenvalue weighted by Gasteiger charge is 2.51. The molecule has 1 saturated heterocycles. The summed E-state index contributed by atoms with van der Waals surface area (Å²) in [7, 11) is -0.403. The molecule has 0 unspecified atom stereocenters. The molecule has 0 saturated carbocycles. The molecule has 0 spiro atoms. The SMILES string of the molecule is CC1(C)OB(c2ccc(CC(=O)CCC(N)=O)cc2)OC1(C)C. The van der Waals surface area contributed by atoms with Crippen LogP contribution in [0.1, 0.15) is 46.1 Å². The summed E-state index contributed by atoms with van der Waals surface area (Å²) in [5.41, 5.74) is 6.13. The number of ketones is 1. The van der Waals surface area contributed by atoms with E-state index in [-0.39, 0.29) is 29.8 Å². The van der Waals surface area contributed by atoms with Crippen LogP contribution in [0.2, 0.25) is 0 Å². The van der Waals surface area contributed by atoms with Crippen LogP contribution in [0.15, 0.2) is 24.3 Å². The number of hydrogen-bond donors (Lipinski definition) is 1. The molecule has 1 amide bonds. The van der Waals surface area contributed by atoms with Gasteiger partial charge in [-0.15, -0.1) is 0 Å². The summed E-state index contributed by atoms with van der Waals surface area (Å²) in [5, 5.41) is 0. The van der Waals surface area contributed by atoms with Crippen LogP contribution < -0.4 is 11.2 Å². The van der Waals surface area contributed by atoms with Crippen LogP contribution in [-0.4, -0.2) is 30.0 Å². The van der Waals surface area contributed by atoms with E-state index < -0.39 is 13.0 Å². The van der Waals surface area contributed by atoms with Crippen molar-refractivity contribution >= 4 is 24.3 Å². The van der Waals surface area contributed by atoms with Crippen LogP contribution in [0.25, 0.3) is 0 Å². The number of amides is 1. The lowest BCUT2D eigenvalue weighted by atomic mass is 9.78. The van der Waals surface area contributed by atoms with Gasteiger partial charge in [-0.25, -0.2) is 0 Å². The van der Waals surface area contributed by atoms with Crippen LogP contribution >= 0.6 is 0 Å². The molecule has 0 bridgehead atoms. The van der Waals surface area contributed by atoms with E-state index in [4.69, 9.17) is 15.0 Å². The lowest BCUT2D eigenvalue weighted by Gasteiger charge is -2.32. The van der Waals surface area contributed by atoms with Crippen LogP contribution in [0.4, 0.5) is 0 Å². The maximum Gasteiger partial charge on any atom is 0.494 e. The van der Waals surface area contributed by atoms with Crippen molar-refractivity contribution in [3.8, 4) is 0 Å². The second-order valence-electron chi connectivity index (χ2n) is 7.01. The van der Waals surface area contributed by atoms with E-state index >= 15 is 0 Å². The van der Waals surface area contributed by atoms with Gasteiger partial charge in [-0.05, 0) is 38.7 Å². The standard InChI is InChI=1S/C17H24BNO4/c1-16(2)17(3,4)23-18(22-16)13-7-5-12(6-8-13)11-14(20)9-10-15(19)21/h5-8H,9-11H2,1-4H3,(H2,19,21). The summed E-state index contributed by atoms with van der Waals surface area (Å²) >= 11 is 0. The maximum absolute atomic E-state index is 11.8. The highest BCUT2D eigenvalue weighted by molar-refractivity contribution is 6.62. The predicted molar refractivity (Wildman–Crippen MR) is 89.3 cm³/mol. The molecule has 124 valence electrons. The van der Waals surface area contributed by atoms with Crippen molar-refractivity contribution in [2.45, 2.75) is 58.2 Å². The lowest BCUT2D eigenvalue weighted by molar-refractivity contribution is -0.123. The number of carbonyl (C=O) groups is 2. The number of hydrogen-bond acceptors (Lipinski definition) is 4. The van der Waals surface area contributed by atoms with Gasteiger partial charge in [0.1, 0.15) is 5.78 Å². The Balaban J connectivity index is 1.98. The molecule has 1 aliphatic heterocycles. The Morgan fingerprint density at radius 1 is 1.00 bits per heavy atom. The molecule has 23 heavy (non-hydrogen) atoms. The first-order valence-electron chi connectivity index (χ1n) is 7.85. The van der Waals surface area contributed by atoms with E-state index in [9.17, 15) is 9.59 Å². The first kappa shape index (κ1) is 17.7. The Hall–Kier alpha value is -1.66. The molecule has 5 nitrogen and oxygen atoms in total. The van der Waals surface area contributed by atoms with E-state index in [0.29, 0.717) is 6.42 Å². The van der Waals surface area contributed by atoms with Gasteiger partial charge in [-0.3, -0.25) is 9.59 Å². The van der Waals surface area contributed by atoms with Gasteiger partial charge in [-0.1, -0.05) is 24.3 Å². The topological polar surface area (TPSA) is 78.6 Å². The monoisotopic (exact) mass is 317 g/mol. The van der Waals surface area contributed by atoms with Crippen molar-refractivity contribution in [2.75, 3.05) is 0 Å². The highest BCUT2D eigenvalue weighted by Crippen LogP contribution is 2.36. The van der Waals surface area contributed by atoms with Crippen LogP contribution in [0.5, 0.6) is 0 Å². The van der Waals surface area contributed by atoms with Crippen molar-refractivity contribution in [2.24, 2.45) is 5.73 Å². The number of carbonyl (C=O) groups excluding carboxylic acids is 2. The number of Topliss-reactive ketones (excluding diaryl/α,β-unsaturated/α-hetero) is 1. The summed E-state index contributed by atoms with van der Waals surface area (Å²) in [5.74, 6) is -0.443.